The van der Waals surface area contributed by atoms with Gasteiger partial charge >= 0.3 is 0 Å². The van der Waals surface area contributed by atoms with Crippen LogP contribution < -0.4 is 0 Å². The van der Waals surface area contributed by atoms with Gasteiger partial charge in [0.2, 0.25) is 0 Å². The van der Waals surface area contributed by atoms with Crippen molar-refractivity contribution in [3.05, 3.63) is 47.6 Å². The minimum absolute atomic E-state index is 0.195. The van der Waals surface area contributed by atoms with E-state index in [2.05, 4.69) is 10.1 Å². The summed E-state index contributed by atoms with van der Waals surface area (Å²) in [6, 6.07) is 4.88. The van der Waals surface area contributed by atoms with Gasteiger partial charge in [0.1, 0.15) is 11.5 Å². The van der Waals surface area contributed by atoms with Crippen LogP contribution in [0.15, 0.2) is 35.1 Å². The summed E-state index contributed by atoms with van der Waals surface area (Å²) in [4.78, 5) is 30.4. The summed E-state index contributed by atoms with van der Waals surface area (Å²) in [6.07, 6.45) is 5.67. The molecule has 3 heterocycles. The Hall–Kier alpha value is -2.50. The van der Waals surface area contributed by atoms with E-state index in [1.807, 2.05) is 13.0 Å². The Bertz CT molecular complexity index is 681. The van der Waals surface area contributed by atoms with E-state index in [4.69, 9.17) is 4.52 Å². The molecule has 0 aromatic carbocycles. The van der Waals surface area contributed by atoms with Gasteiger partial charge in [-0.05, 0) is 38.3 Å². The predicted molar refractivity (Wildman–Crippen MR) is 78.1 cm³/mol. The normalized spacial score (nSPS) is 18.2. The summed E-state index contributed by atoms with van der Waals surface area (Å²) in [5.74, 6) is -0.329. The van der Waals surface area contributed by atoms with Gasteiger partial charge in [-0.3, -0.25) is 14.6 Å². The van der Waals surface area contributed by atoms with Crippen LogP contribution in [0.3, 0.4) is 0 Å². The van der Waals surface area contributed by atoms with Gasteiger partial charge in [0.25, 0.3) is 11.7 Å². The van der Waals surface area contributed by atoms with Gasteiger partial charge in [0, 0.05) is 30.6 Å². The number of carbonyl (C=O) groups is 2. The molecule has 1 aliphatic rings. The number of Topliss-reactive ketones (excluding diaryl/α,β-unsaturated/α-hetero) is 1. The van der Waals surface area contributed by atoms with Crippen molar-refractivity contribution in [2.45, 2.75) is 32.2 Å². The number of pyridine rings is 1. The maximum absolute atomic E-state index is 12.6. The standard InChI is InChI=1S/C16H17N3O3/c1-11-9-13(18-22-11)14-6-2-3-8-19(14)16(21)15(20)12-5-4-7-17-10-12/h4-5,7,9-10,14H,2-3,6,8H2,1H3. The average Bonchev–Trinajstić information content (AvgIpc) is 3.00. The third kappa shape index (κ3) is 2.77. The highest BCUT2D eigenvalue weighted by Gasteiger charge is 2.33. The van der Waals surface area contributed by atoms with E-state index in [1.54, 1.807) is 23.2 Å². The average molecular weight is 299 g/mol. The van der Waals surface area contributed by atoms with Gasteiger partial charge < -0.3 is 9.42 Å². The van der Waals surface area contributed by atoms with Gasteiger partial charge in [-0.2, -0.15) is 0 Å². The van der Waals surface area contributed by atoms with Gasteiger partial charge in [-0.25, -0.2) is 0 Å². The van der Waals surface area contributed by atoms with E-state index in [0.717, 1.165) is 19.3 Å². The van der Waals surface area contributed by atoms with Crippen LogP contribution in [-0.4, -0.2) is 33.3 Å². The van der Waals surface area contributed by atoms with E-state index >= 15 is 0 Å². The number of amides is 1. The minimum Gasteiger partial charge on any atom is -0.361 e. The molecule has 0 saturated carbocycles. The highest BCUT2D eigenvalue weighted by molar-refractivity contribution is 6.42. The second kappa shape index (κ2) is 6.09. The van der Waals surface area contributed by atoms with Crippen molar-refractivity contribution in [1.29, 1.82) is 0 Å². The SMILES string of the molecule is Cc1cc(C2CCCCN2C(=O)C(=O)c2cccnc2)no1. The third-order valence-electron chi connectivity index (χ3n) is 3.87. The molecule has 22 heavy (non-hydrogen) atoms. The van der Waals surface area contributed by atoms with Crippen molar-refractivity contribution in [1.82, 2.24) is 15.0 Å². The Labute approximate surface area is 128 Å². The quantitative estimate of drug-likeness (QED) is 0.642. The highest BCUT2D eigenvalue weighted by atomic mass is 16.5. The first-order chi connectivity index (χ1) is 10.7. The molecular weight excluding hydrogens is 282 g/mol. The predicted octanol–water partition coefficient (Wildman–Crippen LogP) is 2.31. The van der Waals surface area contributed by atoms with Crippen molar-refractivity contribution >= 4 is 11.7 Å². The number of carbonyl (C=O) groups excluding carboxylic acids is 2. The van der Waals surface area contributed by atoms with Crippen LogP contribution in [0, 0.1) is 6.92 Å². The molecule has 1 amide bonds. The zero-order chi connectivity index (χ0) is 15.5. The van der Waals surface area contributed by atoms with Crippen LogP contribution in [0.25, 0.3) is 0 Å². The fraction of sp³-hybridized carbons (Fsp3) is 0.375. The molecule has 2 aromatic heterocycles. The summed E-state index contributed by atoms with van der Waals surface area (Å²) in [5.41, 5.74) is 1.03. The van der Waals surface area contributed by atoms with Gasteiger partial charge in [-0.1, -0.05) is 5.16 Å². The second-order valence-corrected chi connectivity index (χ2v) is 5.44. The monoisotopic (exact) mass is 299 g/mol. The topological polar surface area (TPSA) is 76.3 Å². The molecule has 6 heteroatoms. The summed E-state index contributed by atoms with van der Waals surface area (Å²) >= 11 is 0. The maximum atomic E-state index is 12.6. The van der Waals surface area contributed by atoms with E-state index in [9.17, 15) is 9.59 Å². The molecule has 0 N–H and O–H groups in total. The number of nitrogens with zero attached hydrogens (tertiary/aromatic N) is 3. The summed E-state index contributed by atoms with van der Waals surface area (Å²) < 4.78 is 5.11. The smallest absolute Gasteiger partial charge is 0.295 e. The van der Waals surface area contributed by atoms with Crippen molar-refractivity contribution in [2.24, 2.45) is 0 Å². The zero-order valence-corrected chi connectivity index (χ0v) is 12.4. The van der Waals surface area contributed by atoms with Gasteiger partial charge in [0.05, 0.1) is 6.04 Å². The van der Waals surface area contributed by atoms with Crippen LogP contribution in [0.5, 0.6) is 0 Å². The third-order valence-corrected chi connectivity index (χ3v) is 3.87. The van der Waals surface area contributed by atoms with Crippen LogP contribution in [0.2, 0.25) is 0 Å². The van der Waals surface area contributed by atoms with Crippen molar-refractivity contribution in [2.75, 3.05) is 6.54 Å². The van der Waals surface area contributed by atoms with Crippen LogP contribution >= 0.6 is 0 Å². The van der Waals surface area contributed by atoms with E-state index in [0.29, 0.717) is 23.6 Å². The molecule has 1 saturated heterocycles. The molecule has 1 aliphatic heterocycles. The number of hydrogen-bond donors (Lipinski definition) is 0. The number of rotatable bonds is 3. The largest absolute Gasteiger partial charge is 0.361 e. The minimum atomic E-state index is -0.528. The molecule has 1 unspecified atom stereocenters. The summed E-state index contributed by atoms with van der Waals surface area (Å²) in [7, 11) is 0. The molecule has 0 aliphatic carbocycles. The molecule has 2 aromatic rings. The lowest BCUT2D eigenvalue weighted by molar-refractivity contribution is -0.130. The summed E-state index contributed by atoms with van der Waals surface area (Å²) in [5, 5.41) is 4.01. The first kappa shape index (κ1) is 14.4. The molecule has 114 valence electrons. The van der Waals surface area contributed by atoms with Crippen molar-refractivity contribution in [3.8, 4) is 0 Å². The number of hydrogen-bond acceptors (Lipinski definition) is 5. The molecule has 3 rings (SSSR count). The summed E-state index contributed by atoms with van der Waals surface area (Å²) in [6.45, 7) is 2.37. The molecule has 0 spiro atoms. The number of aryl methyl sites for hydroxylation is 1. The molecule has 0 radical (unpaired) electrons. The van der Waals surface area contributed by atoms with Crippen LogP contribution in [-0.2, 0) is 4.79 Å². The first-order valence-corrected chi connectivity index (χ1v) is 7.35. The Morgan fingerprint density at radius 1 is 1.36 bits per heavy atom. The Kier molecular flexibility index (Phi) is 4.00. The lowest BCUT2D eigenvalue weighted by Crippen LogP contribution is -2.42. The molecule has 0 bridgehead atoms. The molecule has 1 fully saturated rings. The Morgan fingerprint density at radius 2 is 2.23 bits per heavy atom. The van der Waals surface area contributed by atoms with Crippen LogP contribution in [0.1, 0.15) is 47.1 Å². The Morgan fingerprint density at radius 3 is 2.91 bits per heavy atom. The highest BCUT2D eigenvalue weighted by Crippen LogP contribution is 2.31. The van der Waals surface area contributed by atoms with Gasteiger partial charge in [-0.15, -0.1) is 0 Å². The van der Waals surface area contributed by atoms with Crippen molar-refractivity contribution < 1.29 is 14.1 Å². The van der Waals surface area contributed by atoms with Crippen LogP contribution in [0.4, 0.5) is 0 Å². The number of piperidine rings is 1. The van der Waals surface area contributed by atoms with Crippen molar-refractivity contribution in [3.63, 3.8) is 0 Å². The number of ketones is 1. The molecule has 1 atom stereocenters. The van der Waals surface area contributed by atoms with E-state index < -0.39 is 11.7 Å². The zero-order valence-electron chi connectivity index (χ0n) is 12.4. The molecule has 6 nitrogen and oxygen atoms in total. The lowest BCUT2D eigenvalue weighted by Gasteiger charge is -2.33. The Balaban J connectivity index is 1.84. The van der Waals surface area contributed by atoms with E-state index in [-0.39, 0.29) is 6.04 Å². The number of likely N-dealkylation sites (tertiary alicyclic amines) is 1. The second-order valence-electron chi connectivity index (χ2n) is 5.44. The fourth-order valence-corrected chi connectivity index (χ4v) is 2.78. The lowest BCUT2D eigenvalue weighted by atomic mass is 9.98. The van der Waals surface area contributed by atoms with E-state index in [1.165, 1.54) is 6.20 Å². The van der Waals surface area contributed by atoms with Gasteiger partial charge in [0.15, 0.2) is 0 Å². The first-order valence-electron chi connectivity index (χ1n) is 7.35. The maximum Gasteiger partial charge on any atom is 0.295 e. The fourth-order valence-electron chi connectivity index (χ4n) is 2.78. The molecular formula is C16H17N3O3. The number of aromatic nitrogens is 2.